The summed E-state index contributed by atoms with van der Waals surface area (Å²) in [5.41, 5.74) is 9.05. The molecule has 1 heterocycles. The minimum atomic E-state index is 0. The molecule has 2 aromatic carbocycles. The highest BCUT2D eigenvalue weighted by molar-refractivity contribution is 14.0. The molecule has 0 fully saturated rings. The normalized spacial score (nSPS) is 11.3. The zero-order valence-corrected chi connectivity index (χ0v) is 17.8. The number of ether oxygens (including phenoxy) is 1. The highest BCUT2D eigenvalue weighted by Gasteiger charge is 2.04. The summed E-state index contributed by atoms with van der Waals surface area (Å²) < 4.78 is 6.43. The van der Waals surface area contributed by atoms with Gasteiger partial charge in [-0.15, -0.1) is 35.3 Å². The van der Waals surface area contributed by atoms with Crippen LogP contribution in [-0.2, 0) is 17.8 Å². The minimum absolute atomic E-state index is 0. The van der Waals surface area contributed by atoms with Crippen LogP contribution in [0.4, 0.5) is 5.69 Å². The summed E-state index contributed by atoms with van der Waals surface area (Å²) in [5.74, 6) is 0.424. The number of hydrogen-bond donors (Lipinski definition) is 2. The number of guanidine groups is 1. The van der Waals surface area contributed by atoms with Gasteiger partial charge in [-0.05, 0) is 24.6 Å². The first-order valence-corrected chi connectivity index (χ1v) is 9.06. The number of benzene rings is 2. The molecule has 0 spiro atoms. The number of aryl methyl sites for hydroxylation is 1. The van der Waals surface area contributed by atoms with Gasteiger partial charge in [0.05, 0.1) is 21.8 Å². The zero-order chi connectivity index (χ0) is 17.5. The first kappa shape index (κ1) is 20.6. The van der Waals surface area contributed by atoms with Crippen molar-refractivity contribution in [2.75, 3.05) is 19.0 Å². The Labute approximate surface area is 174 Å². The summed E-state index contributed by atoms with van der Waals surface area (Å²) in [6, 6.07) is 16.1. The third kappa shape index (κ3) is 5.65. The van der Waals surface area contributed by atoms with E-state index in [2.05, 4.69) is 21.4 Å². The molecule has 0 atom stereocenters. The molecule has 0 radical (unpaired) electrons. The predicted octanol–water partition coefficient (Wildman–Crippen LogP) is 4.42. The molecule has 0 amide bonds. The van der Waals surface area contributed by atoms with Crippen molar-refractivity contribution in [2.24, 2.45) is 10.7 Å². The first-order chi connectivity index (χ1) is 12.3. The Morgan fingerprint density at radius 2 is 1.96 bits per heavy atom. The topological polar surface area (TPSA) is 72.5 Å². The Hall–Kier alpha value is -1.71. The number of aromatic nitrogens is 1. The number of hydrogen-bond acceptors (Lipinski definition) is 4. The molecule has 0 aliphatic heterocycles. The number of nitrogens with zero attached hydrogens (tertiary/aromatic N) is 2. The molecule has 26 heavy (non-hydrogen) atoms. The molecular formula is C19H23IN4OS. The van der Waals surface area contributed by atoms with Crippen molar-refractivity contribution < 1.29 is 4.74 Å². The molecule has 0 aliphatic carbocycles. The van der Waals surface area contributed by atoms with Crippen molar-refractivity contribution in [1.82, 2.24) is 4.98 Å². The molecule has 0 saturated carbocycles. The molecule has 1 aromatic heterocycles. The van der Waals surface area contributed by atoms with E-state index in [0.717, 1.165) is 34.6 Å². The van der Waals surface area contributed by atoms with Crippen molar-refractivity contribution in [1.29, 1.82) is 0 Å². The largest absolute Gasteiger partial charge is 0.380 e. The molecule has 3 aromatic rings. The van der Waals surface area contributed by atoms with E-state index in [4.69, 9.17) is 10.5 Å². The van der Waals surface area contributed by atoms with Gasteiger partial charge in [-0.25, -0.2) is 4.98 Å². The summed E-state index contributed by atoms with van der Waals surface area (Å²) in [4.78, 5) is 9.05. The van der Waals surface area contributed by atoms with Crippen LogP contribution in [-0.4, -0.2) is 24.6 Å². The molecule has 5 nitrogen and oxygen atoms in total. The Balaban J connectivity index is 0.00000243. The number of thiazole rings is 1. The van der Waals surface area contributed by atoms with Crippen molar-refractivity contribution in [3.63, 3.8) is 0 Å². The van der Waals surface area contributed by atoms with E-state index in [1.807, 2.05) is 42.5 Å². The van der Waals surface area contributed by atoms with E-state index in [-0.39, 0.29) is 24.0 Å². The van der Waals surface area contributed by atoms with E-state index in [9.17, 15) is 0 Å². The average molecular weight is 482 g/mol. The van der Waals surface area contributed by atoms with Crippen LogP contribution in [0.15, 0.2) is 53.5 Å². The lowest BCUT2D eigenvalue weighted by molar-refractivity contribution is 0.185. The van der Waals surface area contributed by atoms with Crippen LogP contribution in [0.5, 0.6) is 0 Å². The zero-order valence-electron chi connectivity index (χ0n) is 14.6. The van der Waals surface area contributed by atoms with Gasteiger partial charge < -0.3 is 15.8 Å². The fraction of sp³-hybridized carbons (Fsp3) is 0.263. The quantitative estimate of drug-likeness (QED) is 0.226. The lowest BCUT2D eigenvalue weighted by Crippen LogP contribution is -2.23. The monoisotopic (exact) mass is 482 g/mol. The number of rotatable bonds is 7. The number of aliphatic imine (C=N–C) groups is 1. The summed E-state index contributed by atoms with van der Waals surface area (Å²) in [7, 11) is 1.68. The molecule has 0 aliphatic rings. The molecule has 0 unspecified atom stereocenters. The Morgan fingerprint density at radius 3 is 2.77 bits per heavy atom. The number of nitrogens with two attached hydrogens (primary N) is 1. The van der Waals surface area contributed by atoms with E-state index >= 15 is 0 Å². The molecule has 7 heteroatoms. The second-order valence-electron chi connectivity index (χ2n) is 5.66. The van der Waals surface area contributed by atoms with Crippen molar-refractivity contribution in [3.05, 3.63) is 59.1 Å². The van der Waals surface area contributed by atoms with Gasteiger partial charge in [-0.2, -0.15) is 0 Å². The summed E-state index contributed by atoms with van der Waals surface area (Å²) in [5, 5.41) is 4.30. The third-order valence-corrected chi connectivity index (χ3v) is 4.85. The van der Waals surface area contributed by atoms with Crippen LogP contribution < -0.4 is 11.1 Å². The molecule has 3 N–H and O–H groups in total. The van der Waals surface area contributed by atoms with Gasteiger partial charge in [0.1, 0.15) is 0 Å². The summed E-state index contributed by atoms with van der Waals surface area (Å²) in [6.07, 6.45) is 1.83. The fourth-order valence-electron chi connectivity index (χ4n) is 2.56. The Bertz CT molecular complexity index is 832. The van der Waals surface area contributed by atoms with Crippen LogP contribution in [0.25, 0.3) is 10.2 Å². The maximum atomic E-state index is 6.00. The maximum absolute atomic E-state index is 6.00. The molecule has 0 bridgehead atoms. The number of nitrogens with one attached hydrogen (secondary N) is 1. The maximum Gasteiger partial charge on any atom is 0.193 e. The minimum Gasteiger partial charge on any atom is -0.380 e. The fourth-order valence-corrected chi connectivity index (χ4v) is 3.57. The molecule has 138 valence electrons. The number of methoxy groups -OCH3 is 1. The standard InChI is InChI=1S/C19H22N4OS.HI/c1-24-13-14-7-2-3-8-15(14)23-19(20)21-12-6-11-18-22-16-9-4-5-10-17(16)25-18;/h2-5,7-10H,6,11-13H2,1H3,(H3,20,21,23);1H. The van der Waals surface area contributed by atoms with Gasteiger partial charge in [0.25, 0.3) is 0 Å². The van der Waals surface area contributed by atoms with Crippen LogP contribution >= 0.6 is 35.3 Å². The van der Waals surface area contributed by atoms with Gasteiger partial charge in [0.2, 0.25) is 0 Å². The first-order valence-electron chi connectivity index (χ1n) is 8.24. The van der Waals surface area contributed by atoms with Crippen molar-refractivity contribution in [3.8, 4) is 0 Å². The highest BCUT2D eigenvalue weighted by Crippen LogP contribution is 2.22. The van der Waals surface area contributed by atoms with Crippen molar-refractivity contribution in [2.45, 2.75) is 19.4 Å². The molecule has 3 rings (SSSR count). The highest BCUT2D eigenvalue weighted by atomic mass is 127. The number of para-hydroxylation sites is 2. The number of fused-ring (bicyclic) bond motifs is 1. The van der Waals surface area contributed by atoms with Crippen LogP contribution in [0.2, 0.25) is 0 Å². The van der Waals surface area contributed by atoms with Crippen LogP contribution in [0.3, 0.4) is 0 Å². The third-order valence-electron chi connectivity index (χ3n) is 3.75. The van der Waals surface area contributed by atoms with Gasteiger partial charge in [0.15, 0.2) is 5.96 Å². The summed E-state index contributed by atoms with van der Waals surface area (Å²) >= 11 is 1.75. The van der Waals surface area contributed by atoms with E-state index in [0.29, 0.717) is 19.1 Å². The number of halogens is 1. The SMILES string of the molecule is COCc1ccccc1NC(N)=NCCCc1nc2ccccc2s1.I. The number of anilines is 1. The Morgan fingerprint density at radius 1 is 1.19 bits per heavy atom. The molecular weight excluding hydrogens is 459 g/mol. The van der Waals surface area contributed by atoms with Gasteiger partial charge in [-0.1, -0.05) is 30.3 Å². The lowest BCUT2D eigenvalue weighted by atomic mass is 10.2. The molecule has 0 saturated heterocycles. The van der Waals surface area contributed by atoms with Crippen LogP contribution in [0.1, 0.15) is 17.0 Å². The average Bonchev–Trinajstić information content (AvgIpc) is 3.03. The lowest BCUT2D eigenvalue weighted by Gasteiger charge is -2.10. The van der Waals surface area contributed by atoms with E-state index in [1.54, 1.807) is 18.4 Å². The van der Waals surface area contributed by atoms with Crippen LogP contribution in [0, 0.1) is 0 Å². The predicted molar refractivity (Wildman–Crippen MR) is 121 cm³/mol. The second-order valence-corrected chi connectivity index (χ2v) is 6.78. The van der Waals surface area contributed by atoms with E-state index < -0.39 is 0 Å². The smallest absolute Gasteiger partial charge is 0.193 e. The Kier molecular flexibility index (Phi) is 8.27. The van der Waals surface area contributed by atoms with E-state index in [1.165, 1.54) is 4.70 Å². The van der Waals surface area contributed by atoms with Gasteiger partial charge in [0, 0.05) is 31.3 Å². The van der Waals surface area contributed by atoms with Crippen molar-refractivity contribution >= 4 is 57.2 Å². The van der Waals surface area contributed by atoms with Gasteiger partial charge >= 0.3 is 0 Å². The van der Waals surface area contributed by atoms with Gasteiger partial charge in [-0.3, -0.25) is 4.99 Å². The second kappa shape index (κ2) is 10.4. The summed E-state index contributed by atoms with van der Waals surface area (Å²) in [6.45, 7) is 1.20.